The Bertz CT molecular complexity index is 606. The maximum absolute atomic E-state index is 12.4. The van der Waals surface area contributed by atoms with Crippen molar-refractivity contribution >= 4 is 17.7 Å². The molecular formula is C18H28N4O4. The van der Waals surface area contributed by atoms with Crippen molar-refractivity contribution in [1.29, 1.82) is 0 Å². The molecule has 144 valence electrons. The standard InChI is InChI=1S/C18H28N4O4/c1-4-8-13(19)16(24)17(25)20-11-14(23)21-15(18(26)22(2)3)12-9-6-5-7-10-12/h5-7,9-10,13,15-16,24H,4,8,11,19H2,1-3H3,(H,20,25)(H,21,23). The molecule has 0 aliphatic carbocycles. The zero-order valence-corrected chi connectivity index (χ0v) is 15.4. The molecule has 3 atom stereocenters. The number of nitrogens with two attached hydrogens (primary N) is 1. The molecule has 0 saturated carbocycles. The van der Waals surface area contributed by atoms with Crippen LogP contribution in [0.25, 0.3) is 0 Å². The van der Waals surface area contributed by atoms with Gasteiger partial charge in [0.1, 0.15) is 12.1 Å². The summed E-state index contributed by atoms with van der Waals surface area (Å²) in [7, 11) is 3.19. The van der Waals surface area contributed by atoms with Crippen molar-refractivity contribution in [3.05, 3.63) is 35.9 Å². The molecule has 0 radical (unpaired) electrons. The average molecular weight is 364 g/mol. The largest absolute Gasteiger partial charge is 0.382 e. The van der Waals surface area contributed by atoms with Gasteiger partial charge >= 0.3 is 0 Å². The van der Waals surface area contributed by atoms with Gasteiger partial charge in [-0.1, -0.05) is 43.7 Å². The van der Waals surface area contributed by atoms with Crippen LogP contribution in [0.1, 0.15) is 31.4 Å². The summed E-state index contributed by atoms with van der Waals surface area (Å²) in [6, 6.07) is 7.27. The second kappa shape index (κ2) is 10.5. The predicted molar refractivity (Wildman–Crippen MR) is 97.9 cm³/mol. The smallest absolute Gasteiger partial charge is 0.250 e. The van der Waals surface area contributed by atoms with Crippen LogP contribution in [-0.2, 0) is 14.4 Å². The number of carbonyl (C=O) groups excluding carboxylic acids is 3. The highest BCUT2D eigenvalue weighted by Crippen LogP contribution is 2.14. The number of hydrogen-bond acceptors (Lipinski definition) is 5. The number of nitrogens with zero attached hydrogens (tertiary/aromatic N) is 1. The first-order valence-electron chi connectivity index (χ1n) is 8.54. The van der Waals surface area contributed by atoms with E-state index in [1.54, 1.807) is 38.4 Å². The van der Waals surface area contributed by atoms with Crippen LogP contribution in [0.5, 0.6) is 0 Å². The summed E-state index contributed by atoms with van der Waals surface area (Å²) in [6.07, 6.45) is -0.151. The molecule has 0 aliphatic heterocycles. The van der Waals surface area contributed by atoms with Gasteiger partial charge in [-0.2, -0.15) is 0 Å². The first-order chi connectivity index (χ1) is 12.3. The van der Waals surface area contributed by atoms with Gasteiger partial charge in [0.2, 0.25) is 11.8 Å². The number of hydrogen-bond donors (Lipinski definition) is 4. The third kappa shape index (κ3) is 6.45. The van der Waals surface area contributed by atoms with Crippen molar-refractivity contribution in [2.75, 3.05) is 20.6 Å². The monoisotopic (exact) mass is 364 g/mol. The Morgan fingerprint density at radius 1 is 1.19 bits per heavy atom. The minimum Gasteiger partial charge on any atom is -0.382 e. The molecule has 26 heavy (non-hydrogen) atoms. The maximum Gasteiger partial charge on any atom is 0.250 e. The molecule has 3 amide bonds. The van der Waals surface area contributed by atoms with Gasteiger partial charge in [0.15, 0.2) is 0 Å². The van der Waals surface area contributed by atoms with E-state index in [4.69, 9.17) is 5.73 Å². The van der Waals surface area contributed by atoms with Crippen LogP contribution in [0, 0.1) is 0 Å². The van der Waals surface area contributed by atoms with E-state index >= 15 is 0 Å². The molecule has 5 N–H and O–H groups in total. The number of aliphatic hydroxyl groups excluding tert-OH is 1. The lowest BCUT2D eigenvalue weighted by molar-refractivity contribution is -0.135. The molecule has 0 aliphatic rings. The summed E-state index contributed by atoms with van der Waals surface area (Å²) in [6.45, 7) is 1.53. The quantitative estimate of drug-likeness (QED) is 0.472. The topological polar surface area (TPSA) is 125 Å². The van der Waals surface area contributed by atoms with Gasteiger partial charge in [-0.3, -0.25) is 14.4 Å². The summed E-state index contributed by atoms with van der Waals surface area (Å²) in [4.78, 5) is 37.8. The van der Waals surface area contributed by atoms with Gasteiger partial charge < -0.3 is 26.4 Å². The highest BCUT2D eigenvalue weighted by atomic mass is 16.3. The summed E-state index contributed by atoms with van der Waals surface area (Å²) in [5.74, 6) is -1.55. The molecule has 0 fully saturated rings. The Labute approximate surface area is 153 Å². The van der Waals surface area contributed by atoms with Gasteiger partial charge in [0, 0.05) is 20.1 Å². The van der Waals surface area contributed by atoms with E-state index in [0.717, 1.165) is 6.42 Å². The zero-order chi connectivity index (χ0) is 19.7. The second-order valence-electron chi connectivity index (χ2n) is 6.26. The maximum atomic E-state index is 12.4. The fraction of sp³-hybridized carbons (Fsp3) is 0.500. The van der Waals surface area contributed by atoms with Crippen LogP contribution in [0.4, 0.5) is 0 Å². The van der Waals surface area contributed by atoms with E-state index in [-0.39, 0.29) is 12.5 Å². The lowest BCUT2D eigenvalue weighted by Crippen LogP contribution is -2.49. The average Bonchev–Trinajstić information content (AvgIpc) is 2.63. The Hall–Kier alpha value is -2.45. The van der Waals surface area contributed by atoms with Gasteiger partial charge in [-0.25, -0.2) is 0 Å². The SMILES string of the molecule is CCCC(N)C(O)C(=O)NCC(=O)NC(C(=O)N(C)C)c1ccccc1. The highest BCUT2D eigenvalue weighted by Gasteiger charge is 2.26. The summed E-state index contributed by atoms with van der Waals surface area (Å²) in [5.41, 5.74) is 6.34. The number of benzene rings is 1. The first-order valence-corrected chi connectivity index (χ1v) is 8.54. The minimum atomic E-state index is -1.38. The van der Waals surface area contributed by atoms with E-state index in [2.05, 4.69) is 10.6 Å². The van der Waals surface area contributed by atoms with Crippen LogP contribution >= 0.6 is 0 Å². The summed E-state index contributed by atoms with van der Waals surface area (Å²) >= 11 is 0. The predicted octanol–water partition coefficient (Wildman–Crippen LogP) is -0.463. The third-order valence-corrected chi connectivity index (χ3v) is 3.85. The number of rotatable bonds is 9. The lowest BCUT2D eigenvalue weighted by Gasteiger charge is -2.22. The minimum absolute atomic E-state index is 0.291. The van der Waals surface area contributed by atoms with E-state index < -0.39 is 30.0 Å². The number of carbonyl (C=O) groups is 3. The highest BCUT2D eigenvalue weighted by molar-refractivity contribution is 5.91. The van der Waals surface area contributed by atoms with Crippen molar-refractivity contribution in [3.63, 3.8) is 0 Å². The first kappa shape index (κ1) is 21.6. The van der Waals surface area contributed by atoms with Gasteiger partial charge in [0.25, 0.3) is 5.91 Å². The van der Waals surface area contributed by atoms with Gasteiger partial charge in [-0.15, -0.1) is 0 Å². The van der Waals surface area contributed by atoms with E-state index in [0.29, 0.717) is 12.0 Å². The summed E-state index contributed by atoms with van der Waals surface area (Å²) in [5, 5.41) is 14.8. The third-order valence-electron chi connectivity index (χ3n) is 3.85. The Balaban J connectivity index is 2.67. The fourth-order valence-corrected chi connectivity index (χ4v) is 2.36. The van der Waals surface area contributed by atoms with Crippen LogP contribution < -0.4 is 16.4 Å². The molecule has 3 unspecified atom stereocenters. The number of amides is 3. The molecule has 8 heteroatoms. The van der Waals surface area contributed by atoms with Crippen LogP contribution in [0.2, 0.25) is 0 Å². The van der Waals surface area contributed by atoms with Gasteiger partial charge in [-0.05, 0) is 12.0 Å². The van der Waals surface area contributed by atoms with Crippen LogP contribution in [0.3, 0.4) is 0 Å². The van der Waals surface area contributed by atoms with Crippen molar-refractivity contribution < 1.29 is 19.5 Å². The Kier molecular flexibility index (Phi) is 8.74. The van der Waals surface area contributed by atoms with Crippen molar-refractivity contribution in [1.82, 2.24) is 15.5 Å². The van der Waals surface area contributed by atoms with Crippen LogP contribution in [-0.4, -0.2) is 60.5 Å². The molecule has 0 bridgehead atoms. The van der Waals surface area contributed by atoms with Crippen molar-refractivity contribution in [2.45, 2.75) is 38.0 Å². The van der Waals surface area contributed by atoms with Crippen molar-refractivity contribution in [2.24, 2.45) is 5.73 Å². The molecule has 0 spiro atoms. The summed E-state index contributed by atoms with van der Waals surface area (Å²) < 4.78 is 0. The number of aliphatic hydroxyl groups is 1. The second-order valence-corrected chi connectivity index (χ2v) is 6.26. The van der Waals surface area contributed by atoms with Crippen LogP contribution in [0.15, 0.2) is 30.3 Å². The molecule has 1 rings (SSSR count). The lowest BCUT2D eigenvalue weighted by atomic mass is 10.1. The molecule has 0 aromatic heterocycles. The number of nitrogens with one attached hydrogen (secondary N) is 2. The van der Waals surface area contributed by atoms with Gasteiger partial charge in [0.05, 0.1) is 6.54 Å². The molecular weight excluding hydrogens is 336 g/mol. The molecule has 0 saturated heterocycles. The van der Waals surface area contributed by atoms with E-state index in [9.17, 15) is 19.5 Å². The Morgan fingerprint density at radius 3 is 2.35 bits per heavy atom. The zero-order valence-electron chi connectivity index (χ0n) is 15.4. The fourth-order valence-electron chi connectivity index (χ4n) is 2.36. The molecule has 8 nitrogen and oxygen atoms in total. The number of likely N-dealkylation sites (N-methyl/N-ethyl adjacent to an activating group) is 1. The van der Waals surface area contributed by atoms with Crippen molar-refractivity contribution in [3.8, 4) is 0 Å². The van der Waals surface area contributed by atoms with E-state index in [1.807, 2.05) is 13.0 Å². The normalized spacial score (nSPS) is 14.0. The molecule has 0 heterocycles. The Morgan fingerprint density at radius 2 is 1.81 bits per heavy atom. The molecule has 1 aromatic rings. The molecule has 1 aromatic carbocycles. The van der Waals surface area contributed by atoms with E-state index in [1.165, 1.54) is 4.90 Å².